The third-order valence-electron chi connectivity index (χ3n) is 6.12. The van der Waals surface area contributed by atoms with E-state index in [1.165, 1.54) is 4.68 Å². The number of aromatic nitrogens is 4. The monoisotopic (exact) mass is 504 g/mol. The summed E-state index contributed by atoms with van der Waals surface area (Å²) in [5.41, 5.74) is 2.28. The van der Waals surface area contributed by atoms with Gasteiger partial charge in [-0.05, 0) is 57.0 Å². The summed E-state index contributed by atoms with van der Waals surface area (Å²) < 4.78 is 21.9. The number of nitrogens with one attached hydrogen (secondary N) is 1. The highest BCUT2D eigenvalue weighted by Crippen LogP contribution is 2.27. The molecule has 1 saturated heterocycles. The first-order valence-electron chi connectivity index (χ1n) is 12.1. The van der Waals surface area contributed by atoms with Crippen molar-refractivity contribution in [2.24, 2.45) is 0 Å². The first-order valence-corrected chi connectivity index (χ1v) is 12.4. The number of aryl methyl sites for hydroxylation is 1. The van der Waals surface area contributed by atoms with Gasteiger partial charge in [-0.3, -0.25) is 4.90 Å². The average molecular weight is 505 g/mol. The van der Waals surface area contributed by atoms with Crippen LogP contribution in [0, 0.1) is 6.92 Å². The van der Waals surface area contributed by atoms with E-state index in [9.17, 15) is 5.11 Å². The number of anilines is 2. The van der Waals surface area contributed by atoms with Gasteiger partial charge in [0.25, 0.3) is 0 Å². The largest absolute Gasteiger partial charge is 0.389 e. The van der Waals surface area contributed by atoms with Gasteiger partial charge in [-0.2, -0.15) is 5.10 Å². The van der Waals surface area contributed by atoms with Crippen molar-refractivity contribution in [3.8, 4) is 0 Å². The molecule has 10 heteroatoms. The maximum atomic E-state index is 15.1. The van der Waals surface area contributed by atoms with Gasteiger partial charge in [0.15, 0.2) is 5.15 Å². The highest BCUT2D eigenvalue weighted by Gasteiger charge is 2.27. The average Bonchev–Trinajstić information content (AvgIpc) is 3.05. The molecule has 0 saturated carbocycles. The lowest BCUT2D eigenvalue weighted by Gasteiger charge is -2.37. The first-order chi connectivity index (χ1) is 16.6. The molecule has 3 heterocycles. The van der Waals surface area contributed by atoms with Crippen molar-refractivity contribution in [2.45, 2.75) is 64.9 Å². The fraction of sp³-hybridized carbons (Fsp3) is 0.560. The minimum Gasteiger partial charge on any atom is -0.389 e. The standard InChI is InChI=1S/C25H34ClFN6O2/c1-5-6-32(20-13-35-14-20)12-19(27)8-17-9-21-18(7-16(17)2)10-28-24(30-21)31-22-11-29-33(23(22)26)15-25(3,4)34/h7,9-11,19-20,34H,5-6,8,12-15H2,1-4H3,(H,28,30,31). The van der Waals surface area contributed by atoms with Gasteiger partial charge in [0.1, 0.15) is 6.17 Å². The summed E-state index contributed by atoms with van der Waals surface area (Å²) in [6.07, 6.45) is 3.66. The fourth-order valence-electron chi connectivity index (χ4n) is 4.27. The van der Waals surface area contributed by atoms with Crippen molar-refractivity contribution in [3.05, 3.63) is 40.8 Å². The molecule has 2 N–H and O–H groups in total. The molecule has 190 valence electrons. The number of aliphatic hydroxyl groups is 1. The molecule has 0 amide bonds. The van der Waals surface area contributed by atoms with E-state index in [0.29, 0.717) is 49.0 Å². The number of halogens is 2. The molecule has 8 nitrogen and oxygen atoms in total. The molecule has 4 rings (SSSR count). The van der Waals surface area contributed by atoms with E-state index in [1.54, 1.807) is 26.2 Å². The highest BCUT2D eigenvalue weighted by atomic mass is 35.5. The van der Waals surface area contributed by atoms with Crippen molar-refractivity contribution >= 4 is 34.1 Å². The Balaban J connectivity index is 1.49. The molecule has 1 unspecified atom stereocenters. The zero-order valence-corrected chi connectivity index (χ0v) is 21.5. The summed E-state index contributed by atoms with van der Waals surface area (Å²) in [4.78, 5) is 11.2. The van der Waals surface area contributed by atoms with Crippen molar-refractivity contribution in [1.29, 1.82) is 0 Å². The van der Waals surface area contributed by atoms with E-state index in [0.717, 1.165) is 35.0 Å². The molecule has 2 aromatic heterocycles. The molecule has 1 atom stereocenters. The normalized spacial score (nSPS) is 15.5. The summed E-state index contributed by atoms with van der Waals surface area (Å²) in [6, 6.07) is 4.27. The van der Waals surface area contributed by atoms with Gasteiger partial charge in [0.05, 0.1) is 48.8 Å². The second kappa shape index (κ2) is 10.7. The van der Waals surface area contributed by atoms with Crippen LogP contribution in [0.25, 0.3) is 10.9 Å². The van der Waals surface area contributed by atoms with Gasteiger partial charge in [-0.25, -0.2) is 19.0 Å². The highest BCUT2D eigenvalue weighted by molar-refractivity contribution is 6.32. The Kier molecular flexibility index (Phi) is 7.90. The smallest absolute Gasteiger partial charge is 0.227 e. The lowest BCUT2D eigenvalue weighted by Crippen LogP contribution is -2.51. The van der Waals surface area contributed by atoms with Crippen LogP contribution in [0.5, 0.6) is 0 Å². The Hall–Kier alpha value is -2.33. The fourth-order valence-corrected chi connectivity index (χ4v) is 4.47. The van der Waals surface area contributed by atoms with Crippen molar-refractivity contribution < 1.29 is 14.2 Å². The van der Waals surface area contributed by atoms with Gasteiger partial charge < -0.3 is 15.2 Å². The third-order valence-corrected chi connectivity index (χ3v) is 6.52. The van der Waals surface area contributed by atoms with E-state index >= 15 is 4.39 Å². The van der Waals surface area contributed by atoms with Gasteiger partial charge in [0, 0.05) is 24.5 Å². The Bertz CT molecular complexity index is 1160. The number of hydrogen-bond acceptors (Lipinski definition) is 7. The molecule has 1 fully saturated rings. The molecule has 0 bridgehead atoms. The minimum absolute atomic E-state index is 0.253. The van der Waals surface area contributed by atoms with Crippen LogP contribution in [-0.2, 0) is 17.7 Å². The topological polar surface area (TPSA) is 88.3 Å². The molecule has 1 aromatic carbocycles. The van der Waals surface area contributed by atoms with E-state index < -0.39 is 11.8 Å². The van der Waals surface area contributed by atoms with Crippen LogP contribution in [0.15, 0.2) is 24.5 Å². The second-order valence-electron chi connectivity index (χ2n) is 9.96. The van der Waals surface area contributed by atoms with Gasteiger partial charge in [-0.1, -0.05) is 18.5 Å². The Morgan fingerprint density at radius 2 is 2.11 bits per heavy atom. The maximum absolute atomic E-state index is 15.1. The number of fused-ring (bicyclic) bond motifs is 1. The lowest BCUT2D eigenvalue weighted by atomic mass is 10.00. The maximum Gasteiger partial charge on any atom is 0.227 e. The third kappa shape index (κ3) is 6.46. The SMILES string of the molecule is CCCN(CC(F)Cc1cc2nc(Nc3cnn(CC(C)(C)O)c3Cl)ncc2cc1C)C1COC1. The predicted octanol–water partition coefficient (Wildman–Crippen LogP) is 4.29. The molecule has 0 radical (unpaired) electrons. The Labute approximate surface area is 210 Å². The number of rotatable bonds is 11. The van der Waals surface area contributed by atoms with Crippen LogP contribution in [0.1, 0.15) is 38.3 Å². The van der Waals surface area contributed by atoms with E-state index in [-0.39, 0.29) is 6.54 Å². The Morgan fingerprint density at radius 3 is 2.77 bits per heavy atom. The van der Waals surface area contributed by atoms with Crippen molar-refractivity contribution in [3.63, 3.8) is 0 Å². The number of nitrogens with zero attached hydrogens (tertiary/aromatic N) is 5. The van der Waals surface area contributed by atoms with E-state index in [1.807, 2.05) is 19.1 Å². The minimum atomic E-state index is -0.974. The first kappa shape index (κ1) is 25.8. The summed E-state index contributed by atoms with van der Waals surface area (Å²) in [7, 11) is 0. The summed E-state index contributed by atoms with van der Waals surface area (Å²) >= 11 is 6.42. The van der Waals surface area contributed by atoms with Crippen LogP contribution in [0.4, 0.5) is 16.0 Å². The molecule has 3 aromatic rings. The second-order valence-corrected chi connectivity index (χ2v) is 10.3. The summed E-state index contributed by atoms with van der Waals surface area (Å²) in [6.45, 7) is 10.4. The summed E-state index contributed by atoms with van der Waals surface area (Å²) in [5, 5.41) is 18.6. The van der Waals surface area contributed by atoms with Gasteiger partial charge in [0.2, 0.25) is 5.95 Å². The number of hydrogen-bond donors (Lipinski definition) is 2. The number of benzene rings is 1. The summed E-state index contributed by atoms with van der Waals surface area (Å²) in [5.74, 6) is 0.368. The molecule has 0 aliphatic carbocycles. The lowest BCUT2D eigenvalue weighted by molar-refractivity contribution is -0.0702. The number of ether oxygens (including phenoxy) is 1. The van der Waals surface area contributed by atoms with Crippen LogP contribution < -0.4 is 5.32 Å². The molecule has 1 aliphatic rings. The van der Waals surface area contributed by atoms with Crippen LogP contribution in [-0.4, -0.2) is 73.9 Å². The van der Waals surface area contributed by atoms with E-state index in [2.05, 4.69) is 32.2 Å². The molecule has 0 spiro atoms. The molecule has 1 aliphatic heterocycles. The number of alkyl halides is 1. The Morgan fingerprint density at radius 1 is 1.34 bits per heavy atom. The molecule has 35 heavy (non-hydrogen) atoms. The molecular weight excluding hydrogens is 471 g/mol. The van der Waals surface area contributed by atoms with Gasteiger partial charge >= 0.3 is 0 Å². The van der Waals surface area contributed by atoms with Crippen LogP contribution in [0.3, 0.4) is 0 Å². The molecular formula is C25H34ClFN6O2. The predicted molar refractivity (Wildman–Crippen MR) is 136 cm³/mol. The zero-order valence-electron chi connectivity index (χ0n) is 20.8. The van der Waals surface area contributed by atoms with Crippen molar-refractivity contribution in [1.82, 2.24) is 24.6 Å². The van der Waals surface area contributed by atoms with E-state index in [4.69, 9.17) is 16.3 Å². The van der Waals surface area contributed by atoms with Crippen LogP contribution in [0.2, 0.25) is 5.15 Å². The zero-order chi connectivity index (χ0) is 25.2. The van der Waals surface area contributed by atoms with Crippen molar-refractivity contribution in [2.75, 3.05) is 31.6 Å². The quantitative estimate of drug-likeness (QED) is 0.402. The van der Waals surface area contributed by atoms with Crippen LogP contribution >= 0.6 is 11.6 Å². The van der Waals surface area contributed by atoms with Gasteiger partial charge in [-0.15, -0.1) is 0 Å².